The van der Waals surface area contributed by atoms with Gasteiger partial charge in [0.2, 0.25) is 11.8 Å². The third kappa shape index (κ3) is 5.81. The van der Waals surface area contributed by atoms with E-state index in [1.165, 1.54) is 0 Å². The van der Waals surface area contributed by atoms with Crippen molar-refractivity contribution in [3.8, 4) is 0 Å². The minimum atomic E-state index is -0.987. The predicted octanol–water partition coefficient (Wildman–Crippen LogP) is 1.46. The first kappa shape index (κ1) is 16.1. The van der Waals surface area contributed by atoms with Crippen molar-refractivity contribution in [2.24, 2.45) is 0 Å². The first-order valence-electron chi connectivity index (χ1n) is 6.84. The van der Waals surface area contributed by atoms with E-state index < -0.39 is 12.0 Å². The highest BCUT2D eigenvalue weighted by Gasteiger charge is 2.18. The number of carbonyl (C=O) groups is 2. The number of rotatable bonds is 9. The zero-order valence-corrected chi connectivity index (χ0v) is 11.9. The number of hydrogen-bond donors (Lipinski definition) is 2. The fourth-order valence-corrected chi connectivity index (χ4v) is 1.77. The van der Waals surface area contributed by atoms with E-state index in [2.05, 4.69) is 15.5 Å². The summed E-state index contributed by atoms with van der Waals surface area (Å²) in [6.07, 6.45) is 3.45. The Balaban J connectivity index is 2.28. The van der Waals surface area contributed by atoms with Crippen LogP contribution in [-0.2, 0) is 16.0 Å². The summed E-state index contributed by atoms with van der Waals surface area (Å²) in [6.45, 7) is 3.71. The van der Waals surface area contributed by atoms with Gasteiger partial charge in [-0.05, 0) is 19.8 Å². The minimum Gasteiger partial charge on any atom is -0.480 e. The molecule has 0 saturated heterocycles. The molecule has 0 aromatic carbocycles. The third-order valence-electron chi connectivity index (χ3n) is 2.84. The zero-order chi connectivity index (χ0) is 15.0. The summed E-state index contributed by atoms with van der Waals surface area (Å²) in [5, 5.41) is 15.2. The van der Waals surface area contributed by atoms with Crippen LogP contribution in [0.15, 0.2) is 4.52 Å². The molecule has 1 aromatic heterocycles. The maximum Gasteiger partial charge on any atom is 0.326 e. The molecule has 0 spiro atoms. The second-order valence-corrected chi connectivity index (χ2v) is 4.69. The normalized spacial score (nSPS) is 12.1. The quantitative estimate of drug-likeness (QED) is 0.710. The van der Waals surface area contributed by atoms with E-state index in [4.69, 9.17) is 9.63 Å². The first-order valence-corrected chi connectivity index (χ1v) is 6.84. The van der Waals surface area contributed by atoms with Crippen LogP contribution in [0, 0.1) is 6.92 Å². The zero-order valence-electron chi connectivity index (χ0n) is 11.9. The molecule has 7 heteroatoms. The number of amides is 1. The van der Waals surface area contributed by atoms with E-state index in [-0.39, 0.29) is 12.3 Å². The molecule has 1 atom stereocenters. The van der Waals surface area contributed by atoms with Gasteiger partial charge >= 0.3 is 5.97 Å². The van der Waals surface area contributed by atoms with Gasteiger partial charge in [-0.15, -0.1) is 0 Å². The number of carboxylic acid groups (broad SMARTS) is 1. The average Bonchev–Trinajstić information content (AvgIpc) is 2.80. The summed E-state index contributed by atoms with van der Waals surface area (Å²) in [5.74, 6) is -0.185. The van der Waals surface area contributed by atoms with Crippen LogP contribution in [-0.4, -0.2) is 33.2 Å². The van der Waals surface area contributed by atoms with Crippen LogP contribution < -0.4 is 5.32 Å². The highest BCUT2D eigenvalue weighted by Crippen LogP contribution is 2.05. The number of hydrogen-bond acceptors (Lipinski definition) is 5. The monoisotopic (exact) mass is 283 g/mol. The number of nitrogens with one attached hydrogen (secondary N) is 1. The van der Waals surface area contributed by atoms with E-state index >= 15 is 0 Å². The van der Waals surface area contributed by atoms with Crippen LogP contribution in [0.5, 0.6) is 0 Å². The largest absolute Gasteiger partial charge is 0.480 e. The Bertz CT molecular complexity index is 445. The van der Waals surface area contributed by atoms with Crippen molar-refractivity contribution in [3.05, 3.63) is 11.7 Å². The van der Waals surface area contributed by atoms with Gasteiger partial charge in [0.05, 0.1) is 0 Å². The van der Waals surface area contributed by atoms with Gasteiger partial charge in [0.25, 0.3) is 0 Å². The number of unbranched alkanes of at least 4 members (excludes halogenated alkanes) is 1. The Labute approximate surface area is 117 Å². The lowest BCUT2D eigenvalue weighted by atomic mass is 10.1. The molecule has 0 aliphatic heterocycles. The number of aryl methyl sites for hydroxylation is 2. The molecule has 0 aliphatic carbocycles. The smallest absolute Gasteiger partial charge is 0.326 e. The first-order chi connectivity index (χ1) is 9.52. The predicted molar refractivity (Wildman–Crippen MR) is 71.1 cm³/mol. The second kappa shape index (κ2) is 8.29. The van der Waals surface area contributed by atoms with Gasteiger partial charge in [-0.1, -0.05) is 24.9 Å². The van der Waals surface area contributed by atoms with Crippen molar-refractivity contribution >= 4 is 11.9 Å². The van der Waals surface area contributed by atoms with Crippen LogP contribution in [0.25, 0.3) is 0 Å². The van der Waals surface area contributed by atoms with Crippen LogP contribution >= 0.6 is 0 Å². The summed E-state index contributed by atoms with van der Waals surface area (Å²) in [4.78, 5) is 26.7. The van der Waals surface area contributed by atoms with Crippen molar-refractivity contribution < 1.29 is 19.2 Å². The molecule has 0 fully saturated rings. The Morgan fingerprint density at radius 2 is 2.15 bits per heavy atom. The number of carbonyl (C=O) groups excluding carboxylic acids is 1. The molecule has 0 aliphatic rings. The van der Waals surface area contributed by atoms with E-state index in [9.17, 15) is 9.59 Å². The minimum absolute atomic E-state index is 0.247. The molecule has 1 heterocycles. The molecular weight excluding hydrogens is 262 g/mol. The summed E-state index contributed by atoms with van der Waals surface area (Å²) >= 11 is 0. The Morgan fingerprint density at radius 1 is 1.40 bits per heavy atom. The van der Waals surface area contributed by atoms with Gasteiger partial charge in [-0.3, -0.25) is 4.79 Å². The molecule has 2 N–H and O–H groups in total. The molecule has 0 bridgehead atoms. The maximum absolute atomic E-state index is 11.7. The Morgan fingerprint density at radius 3 is 2.70 bits per heavy atom. The molecule has 0 saturated carbocycles. The molecule has 0 radical (unpaired) electrons. The van der Waals surface area contributed by atoms with Crippen molar-refractivity contribution in [3.63, 3.8) is 0 Å². The molecule has 112 valence electrons. The highest BCUT2D eigenvalue weighted by atomic mass is 16.5. The lowest BCUT2D eigenvalue weighted by Gasteiger charge is -2.13. The molecule has 20 heavy (non-hydrogen) atoms. The summed E-state index contributed by atoms with van der Waals surface area (Å²) in [7, 11) is 0. The van der Waals surface area contributed by atoms with Crippen LogP contribution in [0.3, 0.4) is 0 Å². The van der Waals surface area contributed by atoms with Crippen molar-refractivity contribution in [2.75, 3.05) is 0 Å². The van der Waals surface area contributed by atoms with Gasteiger partial charge in [0.1, 0.15) is 6.04 Å². The van der Waals surface area contributed by atoms with E-state index in [0.717, 1.165) is 12.8 Å². The van der Waals surface area contributed by atoms with Crippen molar-refractivity contribution in [1.29, 1.82) is 0 Å². The Hall–Kier alpha value is -1.92. The van der Waals surface area contributed by atoms with Gasteiger partial charge in [-0.25, -0.2) is 4.79 Å². The van der Waals surface area contributed by atoms with Gasteiger partial charge in [-0.2, -0.15) is 4.98 Å². The van der Waals surface area contributed by atoms with Crippen molar-refractivity contribution in [1.82, 2.24) is 15.5 Å². The van der Waals surface area contributed by atoms with Gasteiger partial charge in [0.15, 0.2) is 5.82 Å². The second-order valence-electron chi connectivity index (χ2n) is 4.69. The number of nitrogens with zero attached hydrogens (tertiary/aromatic N) is 2. The van der Waals surface area contributed by atoms with E-state index in [0.29, 0.717) is 31.0 Å². The SMILES string of the molecule is CCCCC(NC(=O)CCCc1nc(C)no1)C(=O)O. The molecule has 1 aromatic rings. The third-order valence-corrected chi connectivity index (χ3v) is 2.84. The Kier molecular flexibility index (Phi) is 6.69. The average molecular weight is 283 g/mol. The van der Waals surface area contributed by atoms with Crippen LogP contribution in [0.2, 0.25) is 0 Å². The summed E-state index contributed by atoms with van der Waals surface area (Å²) in [6, 6.07) is -0.798. The van der Waals surface area contributed by atoms with Gasteiger partial charge in [0, 0.05) is 12.8 Å². The number of aliphatic carboxylic acids is 1. The topological polar surface area (TPSA) is 105 Å². The fraction of sp³-hybridized carbons (Fsp3) is 0.692. The lowest BCUT2D eigenvalue weighted by molar-refractivity contribution is -0.142. The van der Waals surface area contributed by atoms with Crippen LogP contribution in [0.4, 0.5) is 0 Å². The number of carboxylic acids is 1. The van der Waals surface area contributed by atoms with Crippen molar-refractivity contribution in [2.45, 2.75) is 58.4 Å². The maximum atomic E-state index is 11.7. The fourth-order valence-electron chi connectivity index (χ4n) is 1.77. The molecule has 1 rings (SSSR count). The number of aromatic nitrogens is 2. The van der Waals surface area contributed by atoms with E-state index in [1.807, 2.05) is 6.92 Å². The van der Waals surface area contributed by atoms with E-state index in [1.54, 1.807) is 6.92 Å². The molecule has 7 nitrogen and oxygen atoms in total. The summed E-state index contributed by atoms with van der Waals surface area (Å²) in [5.41, 5.74) is 0. The lowest BCUT2D eigenvalue weighted by Crippen LogP contribution is -2.40. The molecule has 1 amide bonds. The highest BCUT2D eigenvalue weighted by molar-refractivity contribution is 5.83. The molecular formula is C13H21N3O4. The summed E-state index contributed by atoms with van der Waals surface area (Å²) < 4.78 is 4.93. The van der Waals surface area contributed by atoms with Crippen LogP contribution in [0.1, 0.15) is 50.7 Å². The van der Waals surface area contributed by atoms with Gasteiger partial charge < -0.3 is 14.9 Å². The molecule has 1 unspecified atom stereocenters. The standard InChI is InChI=1S/C13H21N3O4/c1-3-4-6-10(13(18)19)15-11(17)7-5-8-12-14-9(2)16-20-12/h10H,3-8H2,1-2H3,(H,15,17)(H,18,19).